The van der Waals surface area contributed by atoms with Gasteiger partial charge in [-0.05, 0) is 0 Å². The van der Waals surface area contributed by atoms with Crippen LogP contribution in [0.25, 0.3) is 0 Å². The fraction of sp³-hybridized carbons (Fsp3) is 0.750. The Morgan fingerprint density at radius 2 is 2.11 bits per heavy atom. The van der Waals surface area contributed by atoms with Gasteiger partial charge in [-0.15, -0.1) is 23.5 Å². The molecule has 0 radical (unpaired) electrons. The molecule has 9 heavy (non-hydrogen) atoms. The van der Waals surface area contributed by atoms with Crippen LogP contribution in [0.15, 0.2) is 0 Å². The zero-order chi connectivity index (χ0) is 6.53. The SMILES string of the molecule is O=CNN1CSCSC1. The highest BCUT2D eigenvalue weighted by atomic mass is 32.2. The maximum Gasteiger partial charge on any atom is 0.221 e. The molecule has 1 N–H and O–H groups in total. The summed E-state index contributed by atoms with van der Waals surface area (Å²) in [7, 11) is 0. The van der Waals surface area contributed by atoms with Gasteiger partial charge in [0.2, 0.25) is 6.41 Å². The van der Waals surface area contributed by atoms with Gasteiger partial charge in [0.15, 0.2) is 0 Å². The first-order chi connectivity index (χ1) is 4.43. The molecule has 0 aromatic heterocycles. The standard InChI is InChI=1S/C4H8N2OS2/c7-1-5-6-2-8-4-9-3-6/h1H,2-4H2,(H,5,7). The second kappa shape index (κ2) is 4.03. The summed E-state index contributed by atoms with van der Waals surface area (Å²) in [6.45, 7) is 0. The van der Waals surface area contributed by atoms with Crippen LogP contribution in [0.5, 0.6) is 0 Å². The van der Waals surface area contributed by atoms with Gasteiger partial charge in [0.25, 0.3) is 0 Å². The maximum atomic E-state index is 9.90. The first-order valence-corrected chi connectivity index (χ1v) is 4.84. The molecule has 52 valence electrons. The van der Waals surface area contributed by atoms with Gasteiger partial charge in [-0.2, -0.15) is 0 Å². The van der Waals surface area contributed by atoms with E-state index in [0.717, 1.165) is 16.8 Å². The van der Waals surface area contributed by atoms with Crippen LogP contribution in [0, 0.1) is 0 Å². The predicted octanol–water partition coefficient (Wildman–Crippen LogP) is 0.302. The molecule has 0 aromatic rings. The third-order valence-corrected chi connectivity index (χ3v) is 3.22. The Morgan fingerprint density at radius 1 is 1.44 bits per heavy atom. The number of thioether (sulfide) groups is 2. The lowest BCUT2D eigenvalue weighted by Gasteiger charge is -2.23. The van der Waals surface area contributed by atoms with Gasteiger partial charge >= 0.3 is 0 Å². The van der Waals surface area contributed by atoms with Crippen molar-refractivity contribution < 1.29 is 4.79 Å². The average Bonchev–Trinajstić information content (AvgIpc) is 1.91. The summed E-state index contributed by atoms with van der Waals surface area (Å²) < 4.78 is 0. The van der Waals surface area contributed by atoms with E-state index in [1.54, 1.807) is 0 Å². The summed E-state index contributed by atoms with van der Waals surface area (Å²) in [6.07, 6.45) is 0.715. The molecular weight excluding hydrogens is 156 g/mol. The van der Waals surface area contributed by atoms with Crippen molar-refractivity contribution in [1.29, 1.82) is 0 Å². The lowest BCUT2D eigenvalue weighted by Crippen LogP contribution is -2.38. The second-order valence-electron chi connectivity index (χ2n) is 1.57. The first kappa shape index (κ1) is 7.24. The van der Waals surface area contributed by atoms with E-state index < -0.39 is 0 Å². The molecule has 0 bridgehead atoms. The van der Waals surface area contributed by atoms with Crippen molar-refractivity contribution in [3.8, 4) is 0 Å². The van der Waals surface area contributed by atoms with Gasteiger partial charge in [-0.1, -0.05) is 0 Å². The van der Waals surface area contributed by atoms with E-state index in [9.17, 15) is 4.79 Å². The Balaban J connectivity index is 2.15. The van der Waals surface area contributed by atoms with Crippen molar-refractivity contribution in [2.45, 2.75) is 0 Å². The van der Waals surface area contributed by atoms with Gasteiger partial charge in [0.05, 0.1) is 11.8 Å². The van der Waals surface area contributed by atoms with Gasteiger partial charge in [-0.25, -0.2) is 5.01 Å². The van der Waals surface area contributed by atoms with Crippen LogP contribution in [0.4, 0.5) is 0 Å². The maximum absolute atomic E-state index is 9.90. The van der Waals surface area contributed by atoms with E-state index in [-0.39, 0.29) is 0 Å². The molecule has 0 aromatic carbocycles. The van der Waals surface area contributed by atoms with Crippen molar-refractivity contribution in [1.82, 2.24) is 10.4 Å². The summed E-state index contributed by atoms with van der Waals surface area (Å²) in [5.74, 6) is 1.82. The van der Waals surface area contributed by atoms with Gasteiger partial charge in [0.1, 0.15) is 0 Å². The molecular formula is C4H8N2OS2. The number of nitrogens with one attached hydrogen (secondary N) is 1. The highest BCUT2D eigenvalue weighted by Gasteiger charge is 2.07. The Bertz CT molecular complexity index is 94.6. The number of hydrogen-bond donors (Lipinski definition) is 1. The Morgan fingerprint density at radius 3 is 2.67 bits per heavy atom. The highest BCUT2D eigenvalue weighted by molar-refractivity contribution is 8.16. The molecule has 0 saturated carbocycles. The van der Waals surface area contributed by atoms with Crippen molar-refractivity contribution in [3.05, 3.63) is 0 Å². The van der Waals surface area contributed by atoms with Crippen molar-refractivity contribution >= 4 is 29.9 Å². The monoisotopic (exact) mass is 164 g/mol. The molecule has 1 saturated heterocycles. The molecule has 1 amide bonds. The average molecular weight is 164 g/mol. The van der Waals surface area contributed by atoms with E-state index >= 15 is 0 Å². The van der Waals surface area contributed by atoms with Gasteiger partial charge < -0.3 is 0 Å². The molecule has 0 aliphatic carbocycles. The van der Waals surface area contributed by atoms with Crippen LogP contribution in [0.1, 0.15) is 0 Å². The Kier molecular flexibility index (Phi) is 3.24. The summed E-state index contributed by atoms with van der Waals surface area (Å²) >= 11 is 3.62. The molecule has 1 aliphatic rings. The molecule has 0 spiro atoms. The third kappa shape index (κ3) is 2.47. The van der Waals surface area contributed by atoms with Crippen LogP contribution >= 0.6 is 23.5 Å². The van der Waals surface area contributed by atoms with Crippen LogP contribution in [0.3, 0.4) is 0 Å². The van der Waals surface area contributed by atoms with E-state index in [1.165, 1.54) is 0 Å². The van der Waals surface area contributed by atoms with E-state index in [2.05, 4.69) is 5.43 Å². The lowest BCUT2D eigenvalue weighted by molar-refractivity contribution is -0.113. The minimum Gasteiger partial charge on any atom is -0.290 e. The third-order valence-electron chi connectivity index (χ3n) is 0.896. The molecule has 5 heteroatoms. The number of hydrazine groups is 1. The second-order valence-corrected chi connectivity index (χ2v) is 3.85. The quantitative estimate of drug-likeness (QED) is 0.595. The summed E-state index contributed by atoms with van der Waals surface area (Å²) in [4.78, 5) is 9.90. The number of nitrogens with zero attached hydrogens (tertiary/aromatic N) is 1. The molecule has 0 atom stereocenters. The van der Waals surface area contributed by atoms with Crippen LogP contribution in [-0.4, -0.2) is 28.3 Å². The van der Waals surface area contributed by atoms with Gasteiger partial charge in [0, 0.05) is 5.08 Å². The molecule has 1 rings (SSSR count). The fourth-order valence-electron chi connectivity index (χ4n) is 0.540. The van der Waals surface area contributed by atoms with Crippen molar-refractivity contribution in [2.75, 3.05) is 16.8 Å². The molecule has 1 aliphatic heterocycles. The number of amides is 1. The molecule has 1 fully saturated rings. The van der Waals surface area contributed by atoms with Gasteiger partial charge in [-0.3, -0.25) is 10.2 Å². The van der Waals surface area contributed by atoms with Crippen LogP contribution < -0.4 is 5.43 Å². The summed E-state index contributed by atoms with van der Waals surface area (Å²) in [5.41, 5.74) is 2.60. The van der Waals surface area contributed by atoms with Crippen LogP contribution in [0.2, 0.25) is 0 Å². The normalized spacial score (nSPS) is 21.3. The highest BCUT2D eigenvalue weighted by Crippen LogP contribution is 2.19. The minimum atomic E-state index is 0.715. The number of rotatable bonds is 2. The summed E-state index contributed by atoms with van der Waals surface area (Å²) in [5, 5.41) is 3.02. The topological polar surface area (TPSA) is 32.3 Å². The number of carbonyl (C=O) groups excluding carboxylic acids is 1. The largest absolute Gasteiger partial charge is 0.290 e. The Hall–Kier alpha value is 0.130. The molecule has 3 nitrogen and oxygen atoms in total. The predicted molar refractivity (Wildman–Crippen MR) is 40.8 cm³/mol. The zero-order valence-corrected chi connectivity index (χ0v) is 6.50. The van der Waals surface area contributed by atoms with Crippen molar-refractivity contribution in [3.63, 3.8) is 0 Å². The van der Waals surface area contributed by atoms with E-state index in [0.29, 0.717) is 6.41 Å². The Labute approximate surface area is 62.5 Å². The minimum absolute atomic E-state index is 0.715. The van der Waals surface area contributed by atoms with Crippen LogP contribution in [-0.2, 0) is 4.79 Å². The van der Waals surface area contributed by atoms with E-state index in [4.69, 9.17) is 0 Å². The summed E-state index contributed by atoms with van der Waals surface area (Å²) in [6, 6.07) is 0. The van der Waals surface area contributed by atoms with E-state index in [1.807, 2.05) is 28.5 Å². The number of carbonyl (C=O) groups is 1. The van der Waals surface area contributed by atoms with Crippen molar-refractivity contribution in [2.24, 2.45) is 0 Å². The number of hydrogen-bond acceptors (Lipinski definition) is 4. The first-order valence-electron chi connectivity index (χ1n) is 2.54. The fourth-order valence-corrected chi connectivity index (χ4v) is 2.50. The lowest BCUT2D eigenvalue weighted by atomic mass is 11.1. The molecule has 1 heterocycles. The molecule has 0 unspecified atom stereocenters. The zero-order valence-electron chi connectivity index (χ0n) is 4.87. The smallest absolute Gasteiger partial charge is 0.221 e.